The van der Waals surface area contributed by atoms with E-state index in [2.05, 4.69) is 43.5 Å². The third kappa shape index (κ3) is 60.2. The Bertz CT molecular complexity index is 1320. The maximum atomic E-state index is 13.0. The van der Waals surface area contributed by atoms with Gasteiger partial charge in [0.2, 0.25) is 5.91 Å². The Morgan fingerprint density at radius 3 is 1.09 bits per heavy atom. The van der Waals surface area contributed by atoms with Gasteiger partial charge in [-0.25, -0.2) is 4.57 Å². The first-order valence-corrected chi connectivity index (χ1v) is 34.4. The largest absolute Gasteiger partial charge is 0.472 e. The third-order valence-corrected chi connectivity index (χ3v) is 16.1. The molecule has 0 bridgehead atoms. The highest BCUT2D eigenvalue weighted by Gasteiger charge is 2.28. The van der Waals surface area contributed by atoms with Crippen LogP contribution in [0.1, 0.15) is 328 Å². The molecule has 75 heavy (non-hydrogen) atoms. The van der Waals surface area contributed by atoms with Gasteiger partial charge in [0.05, 0.1) is 39.9 Å². The predicted molar refractivity (Wildman–Crippen MR) is 328 cm³/mol. The van der Waals surface area contributed by atoms with Gasteiger partial charge in [-0.05, 0) is 51.4 Å². The van der Waals surface area contributed by atoms with E-state index in [9.17, 15) is 19.4 Å². The van der Waals surface area contributed by atoms with E-state index in [1.165, 1.54) is 263 Å². The number of nitrogens with zero attached hydrogens (tertiary/aromatic N) is 1. The molecule has 1 amide bonds. The number of amides is 1. The predicted octanol–water partition coefficient (Wildman–Crippen LogP) is 20.5. The van der Waals surface area contributed by atoms with Gasteiger partial charge in [0.15, 0.2) is 0 Å². The molecule has 8 nitrogen and oxygen atoms in total. The highest BCUT2D eigenvalue weighted by molar-refractivity contribution is 7.47. The zero-order valence-electron chi connectivity index (χ0n) is 50.8. The number of hydrogen-bond acceptors (Lipinski definition) is 5. The first-order valence-electron chi connectivity index (χ1n) is 32.9. The number of rotatable bonds is 61. The monoisotopic (exact) mass is 1080 g/mol. The van der Waals surface area contributed by atoms with Crippen molar-refractivity contribution in [3.63, 3.8) is 0 Å². The van der Waals surface area contributed by atoms with Gasteiger partial charge in [-0.2, -0.15) is 0 Å². The van der Waals surface area contributed by atoms with Crippen LogP contribution < -0.4 is 5.32 Å². The summed E-state index contributed by atoms with van der Waals surface area (Å²) in [6, 6.07) is -0.849. The molecule has 0 aromatic rings. The summed E-state index contributed by atoms with van der Waals surface area (Å²) in [6.45, 7) is 4.85. The molecular weight excluding hydrogens is 948 g/mol. The van der Waals surface area contributed by atoms with Gasteiger partial charge in [-0.1, -0.05) is 307 Å². The topological polar surface area (TPSA) is 105 Å². The van der Waals surface area contributed by atoms with Crippen LogP contribution in [0.2, 0.25) is 0 Å². The summed E-state index contributed by atoms with van der Waals surface area (Å²) in [7, 11) is 1.58. The van der Waals surface area contributed by atoms with Crippen molar-refractivity contribution in [2.75, 3.05) is 40.9 Å². The van der Waals surface area contributed by atoms with Crippen LogP contribution in [0.15, 0.2) is 36.5 Å². The van der Waals surface area contributed by atoms with Crippen molar-refractivity contribution in [3.8, 4) is 0 Å². The van der Waals surface area contributed by atoms with E-state index >= 15 is 0 Å². The molecule has 0 aliphatic heterocycles. The van der Waals surface area contributed by atoms with E-state index < -0.39 is 20.0 Å². The number of phosphoric ester groups is 1. The van der Waals surface area contributed by atoms with Gasteiger partial charge >= 0.3 is 7.82 Å². The van der Waals surface area contributed by atoms with Crippen LogP contribution in [0.3, 0.4) is 0 Å². The number of carbonyl (C=O) groups excluding carboxylic acids is 1. The Kier molecular flexibility index (Phi) is 56.4. The van der Waals surface area contributed by atoms with Crippen molar-refractivity contribution < 1.29 is 32.9 Å². The van der Waals surface area contributed by atoms with Gasteiger partial charge in [-0.15, -0.1) is 0 Å². The van der Waals surface area contributed by atoms with E-state index in [0.717, 1.165) is 44.9 Å². The molecule has 0 fully saturated rings. The van der Waals surface area contributed by atoms with Crippen molar-refractivity contribution in [1.82, 2.24) is 5.32 Å². The molecule has 3 N–H and O–H groups in total. The van der Waals surface area contributed by atoms with Crippen molar-refractivity contribution in [1.29, 1.82) is 0 Å². The zero-order valence-corrected chi connectivity index (χ0v) is 51.7. The number of likely N-dealkylation sites (N-methyl/N-ethyl adjacent to an activating group) is 1. The fourth-order valence-electron chi connectivity index (χ4n) is 9.96. The molecular formula is C66H130N2O6P+. The number of aliphatic hydroxyl groups excluding tert-OH is 1. The minimum atomic E-state index is -4.35. The molecule has 0 radical (unpaired) electrons. The first kappa shape index (κ1) is 73.7. The number of quaternary nitrogens is 1. The highest BCUT2D eigenvalue weighted by atomic mass is 31.2. The molecule has 0 aliphatic rings. The molecule has 9 heteroatoms. The second kappa shape index (κ2) is 57.4. The van der Waals surface area contributed by atoms with E-state index in [0.29, 0.717) is 17.4 Å². The Hall–Kier alpha value is -1.28. The van der Waals surface area contributed by atoms with E-state index in [1.807, 2.05) is 27.2 Å². The minimum absolute atomic E-state index is 0.0619. The summed E-state index contributed by atoms with van der Waals surface area (Å²) in [4.78, 5) is 23.4. The first-order chi connectivity index (χ1) is 36.5. The molecule has 0 aromatic heterocycles. The molecule has 0 aromatic carbocycles. The summed E-state index contributed by atoms with van der Waals surface area (Å²) in [5.41, 5.74) is 0. The van der Waals surface area contributed by atoms with Gasteiger partial charge in [-0.3, -0.25) is 13.8 Å². The summed E-state index contributed by atoms with van der Waals surface area (Å²) in [5, 5.41) is 14.0. The van der Waals surface area contributed by atoms with E-state index in [-0.39, 0.29) is 19.1 Å². The Balaban J connectivity index is 4.10. The zero-order chi connectivity index (χ0) is 54.9. The Labute approximate surface area is 467 Å². The number of carbonyl (C=O) groups is 1. The van der Waals surface area contributed by atoms with Gasteiger partial charge in [0, 0.05) is 6.42 Å². The van der Waals surface area contributed by atoms with Gasteiger partial charge in [0.25, 0.3) is 0 Å². The quantitative estimate of drug-likeness (QED) is 0.0243. The van der Waals surface area contributed by atoms with Gasteiger partial charge < -0.3 is 19.8 Å². The second-order valence-electron chi connectivity index (χ2n) is 23.8. The number of phosphoric acid groups is 1. The lowest BCUT2D eigenvalue weighted by Crippen LogP contribution is -2.45. The maximum absolute atomic E-state index is 13.0. The summed E-state index contributed by atoms with van der Waals surface area (Å²) < 4.78 is 23.8. The highest BCUT2D eigenvalue weighted by Crippen LogP contribution is 2.43. The number of aliphatic hydroxyl groups is 1. The van der Waals surface area contributed by atoms with Crippen molar-refractivity contribution in [2.24, 2.45) is 0 Å². The fraction of sp³-hybridized carbons (Fsp3) is 0.894. The van der Waals surface area contributed by atoms with Crippen molar-refractivity contribution in [2.45, 2.75) is 341 Å². The van der Waals surface area contributed by atoms with Crippen LogP contribution in [0.4, 0.5) is 0 Å². The smallest absolute Gasteiger partial charge is 0.387 e. The number of hydrogen-bond donors (Lipinski definition) is 3. The molecule has 3 atom stereocenters. The lowest BCUT2D eigenvalue weighted by molar-refractivity contribution is -0.870. The summed E-state index contributed by atoms with van der Waals surface area (Å²) in [6.07, 6.45) is 75.6. The Morgan fingerprint density at radius 1 is 0.453 bits per heavy atom. The lowest BCUT2D eigenvalue weighted by Gasteiger charge is -2.25. The minimum Gasteiger partial charge on any atom is -0.387 e. The molecule has 444 valence electrons. The molecule has 0 saturated heterocycles. The SMILES string of the molecule is CCCCCCC/C=C\C/C=C\CCCCCCCCCCCCCC(=O)NC(COP(=O)(O)OCC[N+](C)(C)C)C(O)/C=C/CCCCCCCCCCCCCCCCCCCCCCCCCCCCCC. The molecule has 0 rings (SSSR count). The molecule has 0 heterocycles. The van der Waals surface area contributed by atoms with Crippen LogP contribution in [-0.2, 0) is 18.4 Å². The summed E-state index contributed by atoms with van der Waals surface area (Å²) >= 11 is 0. The molecule has 0 saturated carbocycles. The van der Waals surface area contributed by atoms with Crippen molar-refractivity contribution in [3.05, 3.63) is 36.5 Å². The Morgan fingerprint density at radius 2 is 0.760 bits per heavy atom. The molecule has 3 unspecified atom stereocenters. The number of unbranched alkanes of at least 4 members (excludes halogenated alkanes) is 44. The average Bonchev–Trinajstić information content (AvgIpc) is 3.37. The second-order valence-corrected chi connectivity index (χ2v) is 25.3. The third-order valence-electron chi connectivity index (χ3n) is 15.1. The average molecular weight is 1080 g/mol. The van der Waals surface area contributed by atoms with E-state index in [1.54, 1.807) is 6.08 Å². The van der Waals surface area contributed by atoms with Crippen LogP contribution >= 0.6 is 7.82 Å². The van der Waals surface area contributed by atoms with Crippen LogP contribution in [0, 0.1) is 0 Å². The lowest BCUT2D eigenvalue weighted by atomic mass is 10.0. The fourth-order valence-corrected chi connectivity index (χ4v) is 10.7. The maximum Gasteiger partial charge on any atom is 0.472 e. The van der Waals surface area contributed by atoms with Crippen LogP contribution in [0.5, 0.6) is 0 Å². The normalized spacial score (nSPS) is 14.0. The number of allylic oxidation sites excluding steroid dienone is 5. The van der Waals surface area contributed by atoms with Crippen molar-refractivity contribution >= 4 is 13.7 Å². The molecule has 0 aliphatic carbocycles. The van der Waals surface area contributed by atoms with Gasteiger partial charge in [0.1, 0.15) is 13.2 Å². The van der Waals surface area contributed by atoms with E-state index in [4.69, 9.17) is 9.05 Å². The molecule has 0 spiro atoms. The van der Waals surface area contributed by atoms with Crippen LogP contribution in [0.25, 0.3) is 0 Å². The van der Waals surface area contributed by atoms with Crippen LogP contribution in [-0.4, -0.2) is 73.4 Å². The number of nitrogens with one attached hydrogen (secondary N) is 1. The summed E-state index contributed by atoms with van der Waals surface area (Å²) in [5.74, 6) is -0.175. The standard InChI is InChI=1S/C66H129N2O6P/c1-6-8-10-12-14-16-18-20-22-24-26-28-30-31-32-33-34-35-36-38-39-41-43-45-47-49-51-53-55-57-59-65(69)64(63-74-75(71,72)73-62-61-68(3,4)5)67-66(70)60-58-56-54-52-50-48-46-44-42-40-37-29-27-25-23-21-19-17-15-13-11-9-7-2/h19,21,25,27,57,59,64-65,69H,6-18,20,22-24,26,28-56,58,60-63H2,1-5H3,(H-,67,70,71,72)/p+1/b21-19-,27-25-,59-57+.